The highest BCUT2D eigenvalue weighted by atomic mass is 16.5. The Kier molecular flexibility index (Phi) is 7.92. The van der Waals surface area contributed by atoms with Gasteiger partial charge in [0.05, 0.1) is 13.0 Å². The maximum atomic E-state index is 12.9. The van der Waals surface area contributed by atoms with Crippen molar-refractivity contribution in [3.63, 3.8) is 0 Å². The van der Waals surface area contributed by atoms with E-state index in [1.54, 1.807) is 11.8 Å². The average Bonchev–Trinajstić information content (AvgIpc) is 2.54. The molecule has 0 saturated heterocycles. The summed E-state index contributed by atoms with van der Waals surface area (Å²) in [6.45, 7) is 7.69. The number of amides is 1. The van der Waals surface area contributed by atoms with Gasteiger partial charge in [0.2, 0.25) is 0 Å². The first-order valence-corrected chi connectivity index (χ1v) is 8.35. The minimum absolute atomic E-state index is 0.0346. The van der Waals surface area contributed by atoms with Crippen LogP contribution in [0.3, 0.4) is 0 Å². The third kappa shape index (κ3) is 5.96. The van der Waals surface area contributed by atoms with Gasteiger partial charge in [0.15, 0.2) is 0 Å². The number of hydrogen-bond donors (Lipinski definition) is 0. The SMILES string of the molecule is COC(=O)C(C)CN(CCCN(C)C)C(=O)c1ccc(C)c(C)c1. The van der Waals surface area contributed by atoms with Gasteiger partial charge in [-0.2, -0.15) is 0 Å². The zero-order valence-electron chi connectivity index (χ0n) is 15.8. The van der Waals surface area contributed by atoms with Crippen molar-refractivity contribution in [1.82, 2.24) is 9.80 Å². The predicted molar refractivity (Wildman–Crippen MR) is 96.2 cm³/mol. The maximum Gasteiger partial charge on any atom is 0.310 e. The lowest BCUT2D eigenvalue weighted by Crippen LogP contribution is -2.38. The van der Waals surface area contributed by atoms with E-state index in [1.165, 1.54) is 7.11 Å². The Hall–Kier alpha value is -1.88. The van der Waals surface area contributed by atoms with Crippen LogP contribution in [-0.2, 0) is 9.53 Å². The second-order valence-electron chi connectivity index (χ2n) is 6.63. The summed E-state index contributed by atoms with van der Waals surface area (Å²) in [5.41, 5.74) is 2.92. The highest BCUT2D eigenvalue weighted by Gasteiger charge is 2.22. The minimum Gasteiger partial charge on any atom is -0.469 e. The molecule has 1 rings (SSSR count). The first-order chi connectivity index (χ1) is 11.3. The number of carbonyl (C=O) groups is 2. The molecule has 0 N–H and O–H groups in total. The van der Waals surface area contributed by atoms with Crippen LogP contribution < -0.4 is 0 Å². The lowest BCUT2D eigenvalue weighted by Gasteiger charge is -2.26. The summed E-state index contributed by atoms with van der Waals surface area (Å²) in [7, 11) is 5.39. The minimum atomic E-state index is -0.343. The molecular weight excluding hydrogens is 304 g/mol. The Morgan fingerprint density at radius 1 is 1.12 bits per heavy atom. The van der Waals surface area contributed by atoms with E-state index in [9.17, 15) is 9.59 Å². The second-order valence-corrected chi connectivity index (χ2v) is 6.63. The summed E-state index contributed by atoms with van der Waals surface area (Å²) in [5, 5.41) is 0. The highest BCUT2D eigenvalue weighted by molar-refractivity contribution is 5.94. The first kappa shape index (κ1) is 20.2. The molecule has 1 unspecified atom stereocenters. The van der Waals surface area contributed by atoms with Crippen LogP contribution >= 0.6 is 0 Å². The standard InChI is InChI=1S/C19H30N2O3/c1-14-8-9-17(12-15(14)2)18(22)21(11-7-10-20(4)5)13-16(3)19(23)24-6/h8-9,12,16H,7,10-11,13H2,1-6H3. The summed E-state index contributed by atoms with van der Waals surface area (Å²) < 4.78 is 4.79. The Morgan fingerprint density at radius 2 is 1.79 bits per heavy atom. The van der Waals surface area contributed by atoms with Gasteiger partial charge in [0, 0.05) is 18.7 Å². The largest absolute Gasteiger partial charge is 0.469 e. The van der Waals surface area contributed by atoms with E-state index < -0.39 is 0 Å². The van der Waals surface area contributed by atoms with Gasteiger partial charge in [-0.25, -0.2) is 0 Å². The van der Waals surface area contributed by atoms with E-state index in [0.717, 1.165) is 24.1 Å². The zero-order chi connectivity index (χ0) is 18.3. The highest BCUT2D eigenvalue weighted by Crippen LogP contribution is 2.14. The Labute approximate surface area is 145 Å². The topological polar surface area (TPSA) is 49.9 Å². The third-order valence-electron chi connectivity index (χ3n) is 4.17. The van der Waals surface area contributed by atoms with Crippen LogP contribution in [0.2, 0.25) is 0 Å². The summed E-state index contributed by atoms with van der Waals surface area (Å²) in [5.74, 6) is -0.669. The van der Waals surface area contributed by atoms with Crippen LogP contribution in [0.5, 0.6) is 0 Å². The quantitative estimate of drug-likeness (QED) is 0.686. The molecule has 134 valence electrons. The van der Waals surface area contributed by atoms with Gasteiger partial charge in [0.25, 0.3) is 5.91 Å². The normalized spacial score (nSPS) is 12.1. The molecule has 0 saturated carbocycles. The fourth-order valence-electron chi connectivity index (χ4n) is 2.52. The molecule has 1 aromatic rings. The average molecular weight is 334 g/mol. The number of benzene rings is 1. The van der Waals surface area contributed by atoms with Crippen molar-refractivity contribution >= 4 is 11.9 Å². The van der Waals surface area contributed by atoms with Crippen molar-refractivity contribution in [2.75, 3.05) is 40.8 Å². The van der Waals surface area contributed by atoms with Crippen molar-refractivity contribution in [3.8, 4) is 0 Å². The zero-order valence-corrected chi connectivity index (χ0v) is 15.8. The van der Waals surface area contributed by atoms with Crippen LogP contribution in [0.25, 0.3) is 0 Å². The van der Waals surface area contributed by atoms with Gasteiger partial charge in [-0.1, -0.05) is 13.0 Å². The van der Waals surface area contributed by atoms with E-state index in [2.05, 4.69) is 4.90 Å². The van der Waals surface area contributed by atoms with Gasteiger partial charge in [-0.05, 0) is 64.2 Å². The molecule has 0 heterocycles. The fourth-order valence-corrected chi connectivity index (χ4v) is 2.52. The molecule has 1 amide bonds. The van der Waals surface area contributed by atoms with Crippen LogP contribution in [-0.4, -0.2) is 62.5 Å². The molecule has 0 spiro atoms. The number of aryl methyl sites for hydroxylation is 2. The number of methoxy groups -OCH3 is 1. The van der Waals surface area contributed by atoms with Crippen molar-refractivity contribution in [2.24, 2.45) is 5.92 Å². The molecule has 24 heavy (non-hydrogen) atoms. The number of hydrogen-bond acceptors (Lipinski definition) is 4. The number of esters is 1. The molecule has 5 nitrogen and oxygen atoms in total. The molecule has 0 aliphatic carbocycles. The molecule has 1 atom stereocenters. The molecule has 0 radical (unpaired) electrons. The number of carbonyl (C=O) groups excluding carboxylic acids is 2. The van der Waals surface area contributed by atoms with Crippen molar-refractivity contribution < 1.29 is 14.3 Å². The molecule has 0 aromatic heterocycles. The Balaban J connectivity index is 2.90. The van der Waals surface area contributed by atoms with Gasteiger partial charge < -0.3 is 14.5 Å². The monoisotopic (exact) mass is 334 g/mol. The van der Waals surface area contributed by atoms with E-state index in [-0.39, 0.29) is 17.8 Å². The smallest absolute Gasteiger partial charge is 0.310 e. The number of ether oxygens (including phenoxy) is 1. The molecule has 0 bridgehead atoms. The van der Waals surface area contributed by atoms with E-state index >= 15 is 0 Å². The lowest BCUT2D eigenvalue weighted by atomic mass is 10.0. The molecule has 0 aliphatic rings. The second kappa shape index (κ2) is 9.42. The maximum absolute atomic E-state index is 12.9. The fraction of sp³-hybridized carbons (Fsp3) is 0.579. The van der Waals surface area contributed by atoms with Crippen LogP contribution in [0.15, 0.2) is 18.2 Å². The summed E-state index contributed by atoms with van der Waals surface area (Å²) in [6, 6.07) is 5.73. The molecule has 1 aromatic carbocycles. The van der Waals surface area contributed by atoms with Crippen LogP contribution in [0.4, 0.5) is 0 Å². The van der Waals surface area contributed by atoms with Crippen molar-refractivity contribution in [1.29, 1.82) is 0 Å². The Bertz CT molecular complexity index is 570. The third-order valence-corrected chi connectivity index (χ3v) is 4.17. The van der Waals surface area contributed by atoms with Gasteiger partial charge in [-0.3, -0.25) is 9.59 Å². The molecule has 0 fully saturated rings. The van der Waals surface area contributed by atoms with Crippen LogP contribution in [0, 0.1) is 19.8 Å². The first-order valence-electron chi connectivity index (χ1n) is 8.35. The van der Waals surface area contributed by atoms with Crippen molar-refractivity contribution in [2.45, 2.75) is 27.2 Å². The summed E-state index contributed by atoms with van der Waals surface area (Å²) >= 11 is 0. The van der Waals surface area contributed by atoms with Gasteiger partial charge in [0.1, 0.15) is 0 Å². The van der Waals surface area contributed by atoms with Gasteiger partial charge >= 0.3 is 5.97 Å². The number of nitrogens with zero attached hydrogens (tertiary/aromatic N) is 2. The molecular formula is C19H30N2O3. The van der Waals surface area contributed by atoms with E-state index in [4.69, 9.17) is 4.74 Å². The summed E-state index contributed by atoms with van der Waals surface area (Å²) in [4.78, 5) is 28.5. The molecule has 5 heteroatoms. The van der Waals surface area contributed by atoms with E-state index in [0.29, 0.717) is 18.7 Å². The Morgan fingerprint density at radius 3 is 2.33 bits per heavy atom. The molecule has 0 aliphatic heterocycles. The number of rotatable bonds is 8. The van der Waals surface area contributed by atoms with Crippen molar-refractivity contribution in [3.05, 3.63) is 34.9 Å². The van der Waals surface area contributed by atoms with Gasteiger partial charge in [-0.15, -0.1) is 0 Å². The van der Waals surface area contributed by atoms with Crippen LogP contribution in [0.1, 0.15) is 34.8 Å². The predicted octanol–water partition coefficient (Wildman–Crippen LogP) is 2.51. The van der Waals surface area contributed by atoms with E-state index in [1.807, 2.05) is 46.1 Å². The summed E-state index contributed by atoms with van der Waals surface area (Å²) in [6.07, 6.45) is 0.859. The lowest BCUT2D eigenvalue weighted by molar-refractivity contribution is -0.145.